The van der Waals surface area contributed by atoms with Crippen molar-refractivity contribution in [3.8, 4) is 0 Å². The van der Waals surface area contributed by atoms with Gasteiger partial charge in [-0.05, 0) is 12.1 Å². The molecule has 0 saturated carbocycles. The first kappa shape index (κ1) is 5.80. The summed E-state index contributed by atoms with van der Waals surface area (Å²) in [7, 11) is 0. The van der Waals surface area contributed by atoms with Gasteiger partial charge in [0.05, 0.1) is 6.26 Å². The van der Waals surface area contributed by atoms with E-state index in [2.05, 4.69) is 10.2 Å². The van der Waals surface area contributed by atoms with Crippen LogP contribution in [0.2, 0.25) is 0 Å². The van der Waals surface area contributed by atoms with E-state index in [0.717, 1.165) is 18.3 Å². The standard InChI is InChI=1S/C8H10N2O/c1-2-7(11-3-1)8-9-4-6-5-10(6)8/h1-3,6,8-9H,4-5H2. The summed E-state index contributed by atoms with van der Waals surface area (Å²) >= 11 is 0. The van der Waals surface area contributed by atoms with Crippen LogP contribution in [0, 0.1) is 0 Å². The second-order valence-corrected chi connectivity index (χ2v) is 3.18. The summed E-state index contributed by atoms with van der Waals surface area (Å²) in [4.78, 5) is 2.40. The molecule has 3 nitrogen and oxygen atoms in total. The molecule has 0 radical (unpaired) electrons. The van der Waals surface area contributed by atoms with E-state index in [4.69, 9.17) is 4.42 Å². The number of rotatable bonds is 1. The first-order valence-electron chi connectivity index (χ1n) is 3.98. The Labute approximate surface area is 65.0 Å². The molecule has 3 heteroatoms. The van der Waals surface area contributed by atoms with E-state index < -0.39 is 0 Å². The molecule has 2 aliphatic rings. The fourth-order valence-corrected chi connectivity index (χ4v) is 1.77. The van der Waals surface area contributed by atoms with Crippen molar-refractivity contribution < 1.29 is 4.42 Å². The zero-order valence-corrected chi connectivity index (χ0v) is 6.16. The zero-order valence-electron chi connectivity index (χ0n) is 6.16. The van der Waals surface area contributed by atoms with Gasteiger partial charge in [-0.15, -0.1) is 0 Å². The molecule has 2 fully saturated rings. The van der Waals surface area contributed by atoms with Crippen molar-refractivity contribution >= 4 is 0 Å². The molecule has 2 aliphatic heterocycles. The fourth-order valence-electron chi connectivity index (χ4n) is 1.77. The minimum absolute atomic E-state index is 0.356. The molecule has 0 amide bonds. The molecule has 0 aromatic carbocycles. The number of hydrogen-bond donors (Lipinski definition) is 1. The van der Waals surface area contributed by atoms with E-state index in [1.165, 1.54) is 6.54 Å². The van der Waals surface area contributed by atoms with Crippen LogP contribution >= 0.6 is 0 Å². The molecule has 58 valence electrons. The van der Waals surface area contributed by atoms with E-state index in [9.17, 15) is 0 Å². The third kappa shape index (κ3) is 0.751. The first-order chi connectivity index (χ1) is 5.45. The van der Waals surface area contributed by atoms with Crippen LogP contribution < -0.4 is 5.32 Å². The van der Waals surface area contributed by atoms with Gasteiger partial charge in [0.25, 0.3) is 0 Å². The fraction of sp³-hybridized carbons (Fsp3) is 0.500. The van der Waals surface area contributed by atoms with Crippen molar-refractivity contribution in [2.75, 3.05) is 13.1 Å². The molecule has 1 aromatic heterocycles. The predicted octanol–water partition coefficient (Wildman–Crippen LogP) is 0.566. The van der Waals surface area contributed by atoms with E-state index >= 15 is 0 Å². The molecule has 0 spiro atoms. The predicted molar refractivity (Wildman–Crippen MR) is 39.9 cm³/mol. The summed E-state index contributed by atoms with van der Waals surface area (Å²) in [5.74, 6) is 1.05. The molecule has 3 rings (SSSR count). The molecule has 1 N–H and O–H groups in total. The number of nitrogens with one attached hydrogen (secondary N) is 1. The quantitative estimate of drug-likeness (QED) is 0.593. The average Bonchev–Trinajstić information content (AvgIpc) is 2.54. The highest BCUT2D eigenvalue weighted by Crippen LogP contribution is 2.34. The van der Waals surface area contributed by atoms with Crippen LogP contribution in [0.1, 0.15) is 11.9 Å². The highest BCUT2D eigenvalue weighted by atomic mass is 16.3. The van der Waals surface area contributed by atoms with Gasteiger partial charge in [-0.3, -0.25) is 10.2 Å². The van der Waals surface area contributed by atoms with Crippen LogP contribution in [-0.4, -0.2) is 24.0 Å². The van der Waals surface area contributed by atoms with Gasteiger partial charge in [0.15, 0.2) is 0 Å². The molecule has 0 bridgehead atoms. The Morgan fingerprint density at radius 3 is 3.18 bits per heavy atom. The second kappa shape index (κ2) is 1.87. The van der Waals surface area contributed by atoms with Gasteiger partial charge >= 0.3 is 0 Å². The largest absolute Gasteiger partial charge is 0.466 e. The van der Waals surface area contributed by atoms with Crippen molar-refractivity contribution in [1.82, 2.24) is 10.2 Å². The van der Waals surface area contributed by atoms with Crippen molar-refractivity contribution in [1.29, 1.82) is 0 Å². The summed E-state index contributed by atoms with van der Waals surface area (Å²) in [6, 6.07) is 4.75. The van der Waals surface area contributed by atoms with Crippen LogP contribution in [0.25, 0.3) is 0 Å². The molecule has 3 atom stereocenters. The molecule has 2 saturated heterocycles. The number of fused-ring (bicyclic) bond motifs is 1. The highest BCUT2D eigenvalue weighted by Gasteiger charge is 2.46. The lowest BCUT2D eigenvalue weighted by atomic mass is 10.3. The molecule has 3 unspecified atom stereocenters. The minimum atomic E-state index is 0.356. The van der Waals surface area contributed by atoms with Gasteiger partial charge in [-0.2, -0.15) is 0 Å². The van der Waals surface area contributed by atoms with Gasteiger partial charge in [-0.25, -0.2) is 0 Å². The summed E-state index contributed by atoms with van der Waals surface area (Å²) in [6.07, 6.45) is 2.09. The lowest BCUT2D eigenvalue weighted by Crippen LogP contribution is -2.21. The third-order valence-corrected chi connectivity index (χ3v) is 2.45. The van der Waals surface area contributed by atoms with E-state index in [1.807, 2.05) is 12.1 Å². The SMILES string of the molecule is c1coc(C2NCC3CN32)c1. The topological polar surface area (TPSA) is 28.2 Å². The molecule has 1 aromatic rings. The minimum Gasteiger partial charge on any atom is -0.466 e. The summed E-state index contributed by atoms with van der Waals surface area (Å²) in [5, 5.41) is 3.39. The van der Waals surface area contributed by atoms with Gasteiger partial charge < -0.3 is 4.42 Å². The Morgan fingerprint density at radius 1 is 1.64 bits per heavy atom. The van der Waals surface area contributed by atoms with Gasteiger partial charge in [0.2, 0.25) is 0 Å². The lowest BCUT2D eigenvalue weighted by Gasteiger charge is -2.09. The monoisotopic (exact) mass is 150 g/mol. The Kier molecular flexibility index (Phi) is 0.985. The Balaban J connectivity index is 1.89. The van der Waals surface area contributed by atoms with Gasteiger partial charge in [-0.1, -0.05) is 0 Å². The Bertz CT molecular complexity index is 257. The van der Waals surface area contributed by atoms with Crippen molar-refractivity contribution in [2.24, 2.45) is 0 Å². The van der Waals surface area contributed by atoms with Crippen molar-refractivity contribution in [2.45, 2.75) is 12.2 Å². The molecule has 3 heterocycles. The summed E-state index contributed by atoms with van der Waals surface area (Å²) in [5.41, 5.74) is 0. The van der Waals surface area contributed by atoms with Crippen LogP contribution in [0.5, 0.6) is 0 Å². The number of nitrogens with zero attached hydrogens (tertiary/aromatic N) is 1. The highest BCUT2D eigenvalue weighted by molar-refractivity contribution is 5.12. The number of hydrogen-bond acceptors (Lipinski definition) is 3. The van der Waals surface area contributed by atoms with Gasteiger partial charge in [0, 0.05) is 19.1 Å². The third-order valence-electron chi connectivity index (χ3n) is 2.45. The van der Waals surface area contributed by atoms with Crippen molar-refractivity contribution in [3.63, 3.8) is 0 Å². The normalized spacial score (nSPS) is 40.5. The number of furan rings is 1. The molecular weight excluding hydrogens is 140 g/mol. The lowest BCUT2D eigenvalue weighted by molar-refractivity contribution is 0.330. The maximum atomic E-state index is 5.31. The Hall–Kier alpha value is -0.800. The summed E-state index contributed by atoms with van der Waals surface area (Å²) < 4.78 is 5.31. The van der Waals surface area contributed by atoms with E-state index in [0.29, 0.717) is 6.17 Å². The van der Waals surface area contributed by atoms with Crippen LogP contribution in [0.3, 0.4) is 0 Å². The molecule has 11 heavy (non-hydrogen) atoms. The maximum absolute atomic E-state index is 5.31. The van der Waals surface area contributed by atoms with E-state index in [1.54, 1.807) is 6.26 Å². The van der Waals surface area contributed by atoms with Crippen molar-refractivity contribution in [3.05, 3.63) is 24.2 Å². The molecule has 0 aliphatic carbocycles. The average molecular weight is 150 g/mol. The maximum Gasteiger partial charge on any atom is 0.135 e. The Morgan fingerprint density at radius 2 is 2.64 bits per heavy atom. The smallest absolute Gasteiger partial charge is 0.135 e. The van der Waals surface area contributed by atoms with E-state index in [-0.39, 0.29) is 0 Å². The van der Waals surface area contributed by atoms with Crippen LogP contribution in [-0.2, 0) is 0 Å². The van der Waals surface area contributed by atoms with Crippen LogP contribution in [0.4, 0.5) is 0 Å². The first-order valence-corrected chi connectivity index (χ1v) is 3.98. The second-order valence-electron chi connectivity index (χ2n) is 3.18. The van der Waals surface area contributed by atoms with Crippen LogP contribution in [0.15, 0.2) is 22.8 Å². The summed E-state index contributed by atoms with van der Waals surface area (Å²) in [6.45, 7) is 2.35. The zero-order chi connectivity index (χ0) is 7.26. The molecular formula is C8H10N2O. The van der Waals surface area contributed by atoms with Gasteiger partial charge in [0.1, 0.15) is 11.9 Å².